The maximum absolute atomic E-state index is 13.6. The molecule has 164 valence electrons. The summed E-state index contributed by atoms with van der Waals surface area (Å²) in [4.78, 5) is 23.8. The summed E-state index contributed by atoms with van der Waals surface area (Å²) in [7, 11) is 1.57. The van der Waals surface area contributed by atoms with E-state index in [1.54, 1.807) is 19.4 Å². The molecule has 4 aromatic rings. The summed E-state index contributed by atoms with van der Waals surface area (Å²) in [5.74, 6) is 0.511. The fourth-order valence-electron chi connectivity index (χ4n) is 4.49. The van der Waals surface area contributed by atoms with Crippen LogP contribution in [0.5, 0.6) is 5.88 Å². The molecule has 7 heteroatoms. The number of benzene rings is 1. The smallest absolute Gasteiger partial charge is 0.282 e. The summed E-state index contributed by atoms with van der Waals surface area (Å²) < 4.78 is 6.68. The minimum Gasteiger partial charge on any atom is -0.481 e. The van der Waals surface area contributed by atoms with Gasteiger partial charge in [-0.15, -0.1) is 0 Å². The standard InChI is InChI=1S/C25H27N5O2/c1-16-7-9-18(10-8-16)22-23(29-13-5-4-6-14-29)24-27-17(2)21(25(31)30(24)28-22)19-11-12-20(32-3)26-15-19/h7-12,15,27H,4-6,13-14H2,1-3H3. The lowest BCUT2D eigenvalue weighted by Crippen LogP contribution is -2.30. The first kappa shape index (κ1) is 20.3. The lowest BCUT2D eigenvalue weighted by molar-refractivity contribution is 0.398. The number of aryl methyl sites for hydroxylation is 2. The predicted octanol–water partition coefficient (Wildman–Crippen LogP) is 4.37. The van der Waals surface area contributed by atoms with Crippen molar-refractivity contribution in [3.05, 3.63) is 64.2 Å². The van der Waals surface area contributed by atoms with E-state index in [4.69, 9.17) is 9.84 Å². The zero-order valence-corrected chi connectivity index (χ0v) is 18.7. The monoisotopic (exact) mass is 429 g/mol. The Morgan fingerprint density at radius 2 is 1.69 bits per heavy atom. The molecule has 4 heterocycles. The van der Waals surface area contributed by atoms with Crippen molar-refractivity contribution in [2.75, 3.05) is 25.1 Å². The number of anilines is 1. The largest absolute Gasteiger partial charge is 0.481 e. The molecule has 32 heavy (non-hydrogen) atoms. The topological polar surface area (TPSA) is 75.5 Å². The molecule has 1 fully saturated rings. The highest BCUT2D eigenvalue weighted by Crippen LogP contribution is 2.35. The molecule has 1 N–H and O–H groups in total. The van der Waals surface area contributed by atoms with Gasteiger partial charge in [0.25, 0.3) is 5.56 Å². The molecular weight excluding hydrogens is 402 g/mol. The van der Waals surface area contributed by atoms with E-state index in [0.29, 0.717) is 11.4 Å². The van der Waals surface area contributed by atoms with Crippen LogP contribution in [0.2, 0.25) is 0 Å². The third kappa shape index (κ3) is 3.43. The number of hydrogen-bond acceptors (Lipinski definition) is 5. The molecule has 0 atom stereocenters. The lowest BCUT2D eigenvalue weighted by atomic mass is 10.1. The van der Waals surface area contributed by atoms with Crippen LogP contribution in [0.4, 0.5) is 5.69 Å². The summed E-state index contributed by atoms with van der Waals surface area (Å²) in [5, 5.41) is 4.83. The second kappa shape index (κ2) is 8.15. The third-order valence-corrected chi connectivity index (χ3v) is 6.18. The van der Waals surface area contributed by atoms with Gasteiger partial charge in [-0.25, -0.2) is 4.98 Å². The zero-order valence-electron chi connectivity index (χ0n) is 18.7. The Morgan fingerprint density at radius 1 is 0.969 bits per heavy atom. The van der Waals surface area contributed by atoms with Crippen molar-refractivity contribution in [1.29, 1.82) is 0 Å². The number of pyridine rings is 1. The zero-order chi connectivity index (χ0) is 22.2. The minimum absolute atomic E-state index is 0.153. The average molecular weight is 430 g/mol. The van der Waals surface area contributed by atoms with Crippen LogP contribution in [0.1, 0.15) is 30.5 Å². The number of piperidine rings is 1. The Bertz CT molecular complexity index is 1310. The second-order valence-corrected chi connectivity index (χ2v) is 8.39. The van der Waals surface area contributed by atoms with Crippen LogP contribution in [-0.4, -0.2) is 39.8 Å². The highest BCUT2D eigenvalue weighted by Gasteiger charge is 2.25. The van der Waals surface area contributed by atoms with Crippen LogP contribution in [-0.2, 0) is 0 Å². The van der Waals surface area contributed by atoms with Crippen molar-refractivity contribution < 1.29 is 4.74 Å². The van der Waals surface area contributed by atoms with Crippen LogP contribution >= 0.6 is 0 Å². The highest BCUT2D eigenvalue weighted by atomic mass is 16.5. The van der Waals surface area contributed by atoms with Gasteiger partial charge in [0, 0.05) is 42.2 Å². The third-order valence-electron chi connectivity index (χ3n) is 6.18. The fraction of sp³-hybridized carbons (Fsp3) is 0.320. The van der Waals surface area contributed by atoms with Crippen molar-refractivity contribution in [1.82, 2.24) is 19.6 Å². The van der Waals surface area contributed by atoms with Gasteiger partial charge in [0.1, 0.15) is 11.4 Å². The van der Waals surface area contributed by atoms with Gasteiger partial charge in [-0.3, -0.25) is 4.79 Å². The van der Waals surface area contributed by atoms with Crippen LogP contribution in [0.3, 0.4) is 0 Å². The van der Waals surface area contributed by atoms with Crippen molar-refractivity contribution in [2.24, 2.45) is 0 Å². The molecule has 1 saturated heterocycles. The number of fused-ring (bicyclic) bond motifs is 1. The van der Waals surface area contributed by atoms with E-state index < -0.39 is 0 Å². The lowest BCUT2D eigenvalue weighted by Gasteiger charge is -2.28. The highest BCUT2D eigenvalue weighted by molar-refractivity contribution is 5.87. The number of aromatic amines is 1. The Hall–Kier alpha value is -3.61. The number of aromatic nitrogens is 4. The molecule has 5 rings (SSSR count). The van der Waals surface area contributed by atoms with E-state index in [-0.39, 0.29) is 5.56 Å². The molecule has 0 aliphatic carbocycles. The summed E-state index contributed by atoms with van der Waals surface area (Å²) >= 11 is 0. The maximum atomic E-state index is 13.6. The fourth-order valence-corrected chi connectivity index (χ4v) is 4.49. The Balaban J connectivity index is 1.75. The molecule has 1 aromatic carbocycles. The summed E-state index contributed by atoms with van der Waals surface area (Å²) in [6.07, 6.45) is 5.19. The van der Waals surface area contributed by atoms with Gasteiger partial charge in [0.05, 0.1) is 12.7 Å². The van der Waals surface area contributed by atoms with Gasteiger partial charge in [-0.1, -0.05) is 29.8 Å². The van der Waals surface area contributed by atoms with Crippen LogP contribution in [0, 0.1) is 13.8 Å². The molecule has 0 bridgehead atoms. The minimum atomic E-state index is -0.153. The molecular formula is C25H27N5O2. The number of nitrogens with zero attached hydrogens (tertiary/aromatic N) is 4. The number of H-pyrrole nitrogens is 1. The van der Waals surface area contributed by atoms with Gasteiger partial charge in [0.2, 0.25) is 5.88 Å². The van der Waals surface area contributed by atoms with E-state index in [1.807, 2.05) is 13.0 Å². The Kier molecular flexibility index (Phi) is 5.17. The molecule has 0 amide bonds. The Labute approximate surface area is 186 Å². The average Bonchev–Trinajstić information content (AvgIpc) is 3.20. The van der Waals surface area contributed by atoms with Crippen molar-refractivity contribution in [2.45, 2.75) is 33.1 Å². The quantitative estimate of drug-likeness (QED) is 0.521. The second-order valence-electron chi connectivity index (χ2n) is 8.39. The SMILES string of the molecule is COc1ccc(-c2c(C)[nH]c3c(N4CCCCC4)c(-c4ccc(C)cc4)nn3c2=O)cn1. The normalized spacial score (nSPS) is 14.2. The molecule has 0 spiro atoms. The van der Waals surface area contributed by atoms with Gasteiger partial charge >= 0.3 is 0 Å². The number of methoxy groups -OCH3 is 1. The van der Waals surface area contributed by atoms with Crippen molar-refractivity contribution in [3.8, 4) is 28.3 Å². The summed E-state index contributed by atoms with van der Waals surface area (Å²) in [6, 6.07) is 11.9. The number of hydrogen-bond donors (Lipinski definition) is 1. The van der Waals surface area contributed by atoms with Crippen molar-refractivity contribution >= 4 is 11.3 Å². The van der Waals surface area contributed by atoms with Gasteiger partial charge in [0.15, 0.2) is 5.65 Å². The van der Waals surface area contributed by atoms with E-state index in [9.17, 15) is 4.79 Å². The van der Waals surface area contributed by atoms with Crippen LogP contribution in [0.15, 0.2) is 47.4 Å². The first-order valence-corrected chi connectivity index (χ1v) is 11.0. The van der Waals surface area contributed by atoms with Crippen LogP contribution in [0.25, 0.3) is 28.0 Å². The first-order valence-electron chi connectivity index (χ1n) is 11.0. The molecule has 0 radical (unpaired) electrons. The first-order chi connectivity index (χ1) is 15.6. The van der Waals surface area contributed by atoms with Gasteiger partial charge < -0.3 is 14.6 Å². The van der Waals surface area contributed by atoms with E-state index >= 15 is 0 Å². The molecule has 0 saturated carbocycles. The van der Waals surface area contributed by atoms with E-state index in [0.717, 1.165) is 59.8 Å². The van der Waals surface area contributed by atoms with E-state index in [1.165, 1.54) is 16.5 Å². The van der Waals surface area contributed by atoms with Gasteiger partial charge in [-0.05, 0) is 39.2 Å². The molecule has 1 aliphatic heterocycles. The molecule has 7 nitrogen and oxygen atoms in total. The van der Waals surface area contributed by atoms with Crippen molar-refractivity contribution in [3.63, 3.8) is 0 Å². The van der Waals surface area contributed by atoms with Crippen LogP contribution < -0.4 is 15.2 Å². The number of rotatable bonds is 4. The molecule has 0 unspecified atom stereocenters. The van der Waals surface area contributed by atoms with E-state index in [2.05, 4.69) is 46.1 Å². The maximum Gasteiger partial charge on any atom is 0.282 e. The summed E-state index contributed by atoms with van der Waals surface area (Å²) in [5.41, 5.74) is 6.74. The number of nitrogens with one attached hydrogen (secondary N) is 1. The molecule has 1 aliphatic rings. The molecule has 3 aromatic heterocycles. The number of ether oxygens (including phenoxy) is 1. The Morgan fingerprint density at radius 3 is 2.34 bits per heavy atom. The predicted molar refractivity (Wildman–Crippen MR) is 127 cm³/mol. The summed E-state index contributed by atoms with van der Waals surface area (Å²) in [6.45, 7) is 5.93. The van der Waals surface area contributed by atoms with Gasteiger partial charge in [-0.2, -0.15) is 9.61 Å².